The zero-order valence-corrected chi connectivity index (χ0v) is 12.1. The maximum Gasteiger partial charge on any atom is 1.00 e. The van der Waals surface area contributed by atoms with Crippen LogP contribution in [0.4, 0.5) is 4.39 Å². The smallest absolute Gasteiger partial charge is 0.658 e. The summed E-state index contributed by atoms with van der Waals surface area (Å²) in [4.78, 5) is 10.1. The number of hydrogen-bond acceptors (Lipinski definition) is 2. The molecule has 0 aliphatic rings. The van der Waals surface area contributed by atoms with Crippen LogP contribution in [-0.4, -0.2) is 18.4 Å². The van der Waals surface area contributed by atoms with Gasteiger partial charge in [0, 0.05) is 0 Å². The van der Waals surface area contributed by atoms with Crippen LogP contribution in [0.15, 0.2) is 18.2 Å². The summed E-state index contributed by atoms with van der Waals surface area (Å²) >= 11 is 0. The third-order valence-corrected chi connectivity index (χ3v) is 1.85. The molecular formula is C14H18FLiN2O. The molecule has 0 radical (unpaired) electrons. The van der Waals surface area contributed by atoms with E-state index in [1.807, 2.05) is 0 Å². The average molecular weight is 256 g/mol. The number of carbonyl (C=O) groups is 1. The summed E-state index contributed by atoms with van der Waals surface area (Å²) in [5, 5.41) is 12.6. The zero-order valence-electron chi connectivity index (χ0n) is 12.1. The van der Waals surface area contributed by atoms with E-state index in [9.17, 15) is 9.18 Å². The van der Waals surface area contributed by atoms with Crippen LogP contribution >= 0.6 is 0 Å². The Hall–Kier alpha value is -1.13. The van der Waals surface area contributed by atoms with Gasteiger partial charge in [0.15, 0.2) is 6.29 Å². The summed E-state index contributed by atoms with van der Waals surface area (Å²) in [6, 6.07) is 6.44. The third kappa shape index (κ3) is 9.45. The standard InChI is InChI=1S/C8H4FNO.C6H14N.Li/c9-8-2-1-6(4-10)3-7(8)5-11;1-5(2)7-6(3)4;/h1-3,5H;5-6H,1-4H3;/q;-1;+1. The molecule has 0 fully saturated rings. The van der Waals surface area contributed by atoms with E-state index in [0.29, 0.717) is 18.4 Å². The van der Waals surface area contributed by atoms with Crippen LogP contribution in [0.3, 0.4) is 0 Å². The molecule has 0 aliphatic heterocycles. The molecule has 0 heterocycles. The fraction of sp³-hybridized carbons (Fsp3) is 0.429. The van der Waals surface area contributed by atoms with Gasteiger partial charge < -0.3 is 5.32 Å². The van der Waals surface area contributed by atoms with Crippen molar-refractivity contribution in [1.82, 2.24) is 0 Å². The van der Waals surface area contributed by atoms with E-state index in [1.165, 1.54) is 12.1 Å². The van der Waals surface area contributed by atoms with Gasteiger partial charge in [-0.15, -0.1) is 12.1 Å². The van der Waals surface area contributed by atoms with Gasteiger partial charge in [0.25, 0.3) is 0 Å². The maximum atomic E-state index is 12.6. The Morgan fingerprint density at radius 2 is 1.79 bits per heavy atom. The van der Waals surface area contributed by atoms with Crippen LogP contribution in [0.2, 0.25) is 0 Å². The number of nitrogens with zero attached hydrogens (tertiary/aromatic N) is 2. The second-order valence-corrected chi connectivity index (χ2v) is 4.30. The largest absolute Gasteiger partial charge is 1.00 e. The molecule has 98 valence electrons. The summed E-state index contributed by atoms with van der Waals surface area (Å²) < 4.78 is 12.6. The summed E-state index contributed by atoms with van der Waals surface area (Å²) in [7, 11) is 0. The summed E-state index contributed by atoms with van der Waals surface area (Å²) in [6.45, 7) is 8.39. The van der Waals surface area contributed by atoms with E-state index in [4.69, 9.17) is 5.26 Å². The van der Waals surface area contributed by atoms with Gasteiger partial charge in [0.1, 0.15) is 5.82 Å². The average Bonchev–Trinajstić information content (AvgIpc) is 2.28. The van der Waals surface area contributed by atoms with Crippen molar-refractivity contribution < 1.29 is 28.0 Å². The molecule has 0 unspecified atom stereocenters. The van der Waals surface area contributed by atoms with Crippen molar-refractivity contribution in [2.24, 2.45) is 0 Å². The first-order valence-electron chi connectivity index (χ1n) is 5.75. The second kappa shape index (κ2) is 10.8. The normalized spacial score (nSPS) is 9.16. The van der Waals surface area contributed by atoms with Gasteiger partial charge in [-0.25, -0.2) is 4.39 Å². The van der Waals surface area contributed by atoms with E-state index < -0.39 is 5.82 Å². The minimum atomic E-state index is -0.598. The predicted molar refractivity (Wildman–Crippen MR) is 70.1 cm³/mol. The van der Waals surface area contributed by atoms with Crippen LogP contribution in [0, 0.1) is 17.1 Å². The third-order valence-electron chi connectivity index (χ3n) is 1.85. The zero-order chi connectivity index (χ0) is 14.1. The fourth-order valence-electron chi connectivity index (χ4n) is 1.30. The molecule has 0 amide bonds. The Bertz CT molecular complexity index is 422. The topological polar surface area (TPSA) is 55.0 Å². The molecule has 3 nitrogen and oxygen atoms in total. The van der Waals surface area contributed by atoms with E-state index in [-0.39, 0.29) is 30.0 Å². The van der Waals surface area contributed by atoms with Crippen LogP contribution < -0.4 is 18.9 Å². The maximum absolute atomic E-state index is 12.6. The van der Waals surface area contributed by atoms with E-state index in [1.54, 1.807) is 6.07 Å². The minimum absolute atomic E-state index is 0. The molecule has 0 saturated heterocycles. The van der Waals surface area contributed by atoms with Crippen LogP contribution in [0.25, 0.3) is 5.32 Å². The van der Waals surface area contributed by atoms with Crippen LogP contribution in [0.5, 0.6) is 0 Å². The van der Waals surface area contributed by atoms with Crippen LogP contribution in [-0.2, 0) is 0 Å². The number of rotatable bonds is 3. The Morgan fingerprint density at radius 3 is 2.11 bits per heavy atom. The van der Waals surface area contributed by atoms with Gasteiger partial charge in [-0.3, -0.25) is 4.79 Å². The van der Waals surface area contributed by atoms with Crippen LogP contribution in [0.1, 0.15) is 43.6 Å². The molecular weight excluding hydrogens is 238 g/mol. The van der Waals surface area contributed by atoms with Crippen molar-refractivity contribution >= 4 is 6.29 Å². The molecule has 1 aromatic rings. The Kier molecular flexibility index (Phi) is 11.4. The quantitative estimate of drug-likeness (QED) is 0.590. The molecule has 5 heteroatoms. The first kappa shape index (κ1) is 20.2. The molecule has 0 bridgehead atoms. The van der Waals surface area contributed by atoms with Crippen molar-refractivity contribution in [3.8, 4) is 6.07 Å². The van der Waals surface area contributed by atoms with Crippen molar-refractivity contribution in [1.29, 1.82) is 5.26 Å². The van der Waals surface area contributed by atoms with Gasteiger partial charge in [0.05, 0.1) is 17.2 Å². The summed E-state index contributed by atoms with van der Waals surface area (Å²) in [5.41, 5.74) is 0.206. The number of nitriles is 1. The van der Waals surface area contributed by atoms with Gasteiger partial charge in [-0.2, -0.15) is 5.26 Å². The van der Waals surface area contributed by atoms with E-state index in [0.717, 1.165) is 6.07 Å². The number of aldehydes is 1. The van der Waals surface area contributed by atoms with Crippen molar-refractivity contribution in [2.75, 3.05) is 0 Å². The van der Waals surface area contributed by atoms with Crippen molar-refractivity contribution in [3.05, 3.63) is 40.5 Å². The number of halogens is 1. The number of hydrogen-bond donors (Lipinski definition) is 0. The second-order valence-electron chi connectivity index (χ2n) is 4.30. The summed E-state index contributed by atoms with van der Waals surface area (Å²) in [5.74, 6) is -0.598. The monoisotopic (exact) mass is 256 g/mol. The molecule has 1 rings (SSSR count). The SMILES string of the molecule is CC(C)[N-]C(C)C.N#Cc1ccc(F)c(C=O)c1.[Li+]. The Balaban J connectivity index is 0. The molecule has 0 atom stereocenters. The van der Waals surface area contributed by atoms with E-state index >= 15 is 0 Å². The van der Waals surface area contributed by atoms with E-state index in [2.05, 4.69) is 33.0 Å². The van der Waals surface area contributed by atoms with Gasteiger partial charge in [-0.1, -0.05) is 27.7 Å². The fourth-order valence-corrected chi connectivity index (χ4v) is 1.30. The molecule has 0 aromatic heterocycles. The number of carbonyl (C=O) groups excluding carboxylic acids is 1. The first-order chi connectivity index (χ1) is 8.40. The molecule has 0 aliphatic carbocycles. The Labute approximate surface area is 126 Å². The first-order valence-corrected chi connectivity index (χ1v) is 5.75. The van der Waals surface area contributed by atoms with Gasteiger partial charge in [-0.05, 0) is 18.2 Å². The molecule has 0 N–H and O–H groups in total. The molecule has 0 saturated carbocycles. The summed E-state index contributed by atoms with van der Waals surface area (Å²) in [6.07, 6.45) is 0.385. The van der Waals surface area contributed by atoms with Crippen molar-refractivity contribution in [2.45, 2.75) is 39.8 Å². The van der Waals surface area contributed by atoms with Gasteiger partial charge in [0.2, 0.25) is 0 Å². The molecule has 1 aromatic carbocycles. The van der Waals surface area contributed by atoms with Crippen molar-refractivity contribution in [3.63, 3.8) is 0 Å². The van der Waals surface area contributed by atoms with Gasteiger partial charge >= 0.3 is 18.9 Å². The predicted octanol–water partition coefficient (Wildman–Crippen LogP) is 0.691. The Morgan fingerprint density at radius 1 is 1.26 bits per heavy atom. The number of benzene rings is 1. The molecule has 19 heavy (non-hydrogen) atoms. The minimum Gasteiger partial charge on any atom is -0.658 e. The molecule has 0 spiro atoms.